The average Bonchev–Trinajstić information content (AvgIpc) is 2.36. The second-order valence-corrected chi connectivity index (χ2v) is 5.73. The summed E-state index contributed by atoms with van der Waals surface area (Å²) < 4.78 is 0. The molecule has 0 unspecified atom stereocenters. The molecule has 92 valence electrons. The highest BCUT2D eigenvalue weighted by Crippen LogP contribution is 2.50. The van der Waals surface area contributed by atoms with Crippen LogP contribution in [0.15, 0.2) is 0 Å². The number of hydrogen-bond donors (Lipinski definition) is 1. The summed E-state index contributed by atoms with van der Waals surface area (Å²) in [5, 5.41) is 3.16. The van der Waals surface area contributed by atoms with E-state index < -0.39 is 0 Å². The first-order chi connectivity index (χ1) is 7.77. The van der Waals surface area contributed by atoms with E-state index in [1.54, 1.807) is 0 Å². The molecule has 1 N–H and O–H groups in total. The van der Waals surface area contributed by atoms with E-state index in [1.807, 2.05) is 0 Å². The smallest absolute Gasteiger partial charge is 0.226 e. The van der Waals surface area contributed by atoms with Crippen molar-refractivity contribution < 1.29 is 4.79 Å². The van der Waals surface area contributed by atoms with E-state index in [4.69, 9.17) is 0 Å². The lowest BCUT2D eigenvalue weighted by Crippen LogP contribution is -2.46. The molecule has 16 heavy (non-hydrogen) atoms. The molecule has 3 rings (SSSR count). The second kappa shape index (κ2) is 5.20. The lowest BCUT2D eigenvalue weighted by Gasteiger charge is -2.45. The summed E-state index contributed by atoms with van der Waals surface area (Å²) in [7, 11) is 0. The van der Waals surface area contributed by atoms with Gasteiger partial charge in [-0.1, -0.05) is 19.8 Å². The van der Waals surface area contributed by atoms with Gasteiger partial charge in [0, 0.05) is 12.0 Å². The first-order valence-corrected chi connectivity index (χ1v) is 7.05. The van der Waals surface area contributed by atoms with Crippen LogP contribution in [0.3, 0.4) is 0 Å². The maximum atomic E-state index is 12.2. The Labute approximate surface area is 99.2 Å². The second-order valence-electron chi connectivity index (χ2n) is 5.73. The standard InChI is InChI=1S/C14H25NO/c1-2-3-4-11-15-13(16)14-8-5-12(6-9-14)7-10-14/h12H,2-11H2,1H3,(H,15,16). The summed E-state index contributed by atoms with van der Waals surface area (Å²) in [4.78, 5) is 12.2. The molecule has 0 heterocycles. The maximum absolute atomic E-state index is 12.2. The number of nitrogens with one attached hydrogen (secondary N) is 1. The molecule has 2 heteroatoms. The van der Waals surface area contributed by atoms with Gasteiger partial charge in [-0.05, 0) is 50.9 Å². The Morgan fingerprint density at radius 2 is 1.81 bits per heavy atom. The molecular formula is C14H25NO. The summed E-state index contributed by atoms with van der Waals surface area (Å²) in [6, 6.07) is 0. The van der Waals surface area contributed by atoms with E-state index in [2.05, 4.69) is 12.2 Å². The Balaban J connectivity index is 1.79. The van der Waals surface area contributed by atoms with Gasteiger partial charge in [-0.25, -0.2) is 0 Å². The van der Waals surface area contributed by atoms with Crippen LogP contribution >= 0.6 is 0 Å². The Hall–Kier alpha value is -0.530. The number of carbonyl (C=O) groups excluding carboxylic acids is 1. The SMILES string of the molecule is CCCCCNC(=O)C12CCC(CC1)CC2. The third-order valence-electron chi connectivity index (χ3n) is 4.64. The van der Waals surface area contributed by atoms with Crippen molar-refractivity contribution in [2.45, 2.75) is 64.7 Å². The summed E-state index contributed by atoms with van der Waals surface area (Å²) in [6.07, 6.45) is 10.9. The molecule has 0 aromatic heterocycles. The van der Waals surface area contributed by atoms with E-state index in [0.29, 0.717) is 5.91 Å². The van der Waals surface area contributed by atoms with Gasteiger partial charge in [0.05, 0.1) is 0 Å². The molecule has 3 aliphatic carbocycles. The predicted molar refractivity (Wildman–Crippen MR) is 66.2 cm³/mol. The first-order valence-electron chi connectivity index (χ1n) is 7.05. The number of carbonyl (C=O) groups is 1. The first kappa shape index (κ1) is 11.9. The summed E-state index contributed by atoms with van der Waals surface area (Å²) in [5.74, 6) is 1.30. The predicted octanol–water partition coefficient (Wildman–Crippen LogP) is 3.26. The van der Waals surface area contributed by atoms with Crippen molar-refractivity contribution in [1.29, 1.82) is 0 Å². The Bertz CT molecular complexity index is 227. The summed E-state index contributed by atoms with van der Waals surface area (Å²) >= 11 is 0. The van der Waals surface area contributed by atoms with Gasteiger partial charge in [0.25, 0.3) is 0 Å². The number of unbranched alkanes of at least 4 members (excludes halogenated alkanes) is 2. The molecule has 3 fully saturated rings. The van der Waals surface area contributed by atoms with Gasteiger partial charge in [-0.3, -0.25) is 4.79 Å². The van der Waals surface area contributed by atoms with Crippen molar-refractivity contribution >= 4 is 5.91 Å². The van der Waals surface area contributed by atoms with Crippen LogP contribution < -0.4 is 5.32 Å². The molecule has 0 spiro atoms. The van der Waals surface area contributed by atoms with Gasteiger partial charge in [-0.15, -0.1) is 0 Å². The molecule has 0 radical (unpaired) electrons. The van der Waals surface area contributed by atoms with Gasteiger partial charge in [-0.2, -0.15) is 0 Å². The van der Waals surface area contributed by atoms with Crippen molar-refractivity contribution in [2.24, 2.45) is 11.3 Å². The van der Waals surface area contributed by atoms with Crippen LogP contribution in [0.5, 0.6) is 0 Å². The van der Waals surface area contributed by atoms with Crippen molar-refractivity contribution in [1.82, 2.24) is 5.32 Å². The number of fused-ring (bicyclic) bond motifs is 3. The minimum atomic E-state index is 0.0426. The average molecular weight is 223 g/mol. The zero-order valence-corrected chi connectivity index (χ0v) is 10.6. The van der Waals surface area contributed by atoms with E-state index in [9.17, 15) is 4.79 Å². The lowest BCUT2D eigenvalue weighted by atomic mass is 9.60. The normalized spacial score (nSPS) is 32.7. The Morgan fingerprint density at radius 1 is 1.19 bits per heavy atom. The molecule has 1 amide bonds. The van der Waals surface area contributed by atoms with Gasteiger partial charge >= 0.3 is 0 Å². The topological polar surface area (TPSA) is 29.1 Å². The van der Waals surface area contributed by atoms with Crippen LogP contribution in [0, 0.1) is 11.3 Å². The third kappa shape index (κ3) is 2.41. The molecule has 0 saturated heterocycles. The molecule has 3 aliphatic rings. The molecule has 0 aromatic rings. The van der Waals surface area contributed by atoms with Crippen LogP contribution in [-0.2, 0) is 4.79 Å². The Morgan fingerprint density at radius 3 is 2.38 bits per heavy atom. The molecule has 0 atom stereocenters. The van der Waals surface area contributed by atoms with Crippen molar-refractivity contribution in [2.75, 3.05) is 6.54 Å². The molecular weight excluding hydrogens is 198 g/mol. The van der Waals surface area contributed by atoms with E-state index in [0.717, 1.165) is 38.1 Å². The monoisotopic (exact) mass is 223 g/mol. The third-order valence-corrected chi connectivity index (χ3v) is 4.64. The fraction of sp³-hybridized carbons (Fsp3) is 0.929. The number of amides is 1. The highest BCUT2D eigenvalue weighted by Gasteiger charge is 2.45. The van der Waals surface area contributed by atoms with E-state index >= 15 is 0 Å². The number of rotatable bonds is 5. The fourth-order valence-electron chi connectivity index (χ4n) is 3.35. The fourth-order valence-corrected chi connectivity index (χ4v) is 3.35. The highest BCUT2D eigenvalue weighted by atomic mass is 16.2. The Kier molecular flexibility index (Phi) is 3.88. The van der Waals surface area contributed by atoms with Crippen molar-refractivity contribution in [3.63, 3.8) is 0 Å². The molecule has 0 aliphatic heterocycles. The lowest BCUT2D eigenvalue weighted by molar-refractivity contribution is -0.136. The molecule has 2 nitrogen and oxygen atoms in total. The van der Waals surface area contributed by atoms with Gasteiger partial charge in [0.1, 0.15) is 0 Å². The molecule has 0 aromatic carbocycles. The zero-order valence-electron chi connectivity index (χ0n) is 10.6. The van der Waals surface area contributed by atoms with Gasteiger partial charge in [0.15, 0.2) is 0 Å². The van der Waals surface area contributed by atoms with Gasteiger partial charge < -0.3 is 5.32 Å². The maximum Gasteiger partial charge on any atom is 0.226 e. The summed E-state index contributed by atoms with van der Waals surface area (Å²) in [6.45, 7) is 3.08. The minimum absolute atomic E-state index is 0.0426. The van der Waals surface area contributed by atoms with Crippen molar-refractivity contribution in [3.05, 3.63) is 0 Å². The van der Waals surface area contributed by atoms with Crippen LogP contribution in [-0.4, -0.2) is 12.5 Å². The largest absolute Gasteiger partial charge is 0.356 e. The van der Waals surface area contributed by atoms with Crippen molar-refractivity contribution in [3.8, 4) is 0 Å². The van der Waals surface area contributed by atoms with E-state index in [-0.39, 0.29) is 5.41 Å². The van der Waals surface area contributed by atoms with Crippen LogP contribution in [0.1, 0.15) is 64.7 Å². The minimum Gasteiger partial charge on any atom is -0.356 e. The highest BCUT2D eigenvalue weighted by molar-refractivity contribution is 5.82. The molecule has 3 saturated carbocycles. The van der Waals surface area contributed by atoms with Crippen LogP contribution in [0.25, 0.3) is 0 Å². The zero-order chi connectivity index (χ0) is 11.4. The number of hydrogen-bond acceptors (Lipinski definition) is 1. The summed E-state index contributed by atoms with van der Waals surface area (Å²) in [5.41, 5.74) is 0.0426. The van der Waals surface area contributed by atoms with E-state index in [1.165, 1.54) is 32.1 Å². The van der Waals surface area contributed by atoms with Crippen LogP contribution in [0.2, 0.25) is 0 Å². The molecule has 2 bridgehead atoms. The quantitative estimate of drug-likeness (QED) is 0.712. The van der Waals surface area contributed by atoms with Crippen LogP contribution in [0.4, 0.5) is 0 Å². The van der Waals surface area contributed by atoms with Gasteiger partial charge in [0.2, 0.25) is 5.91 Å².